The predicted molar refractivity (Wildman–Crippen MR) is 64.8 cm³/mol. The molecular weight excluding hydrogens is 184 g/mol. The van der Waals surface area contributed by atoms with E-state index < -0.39 is 0 Å². The third-order valence-electron chi connectivity index (χ3n) is 4.16. The van der Waals surface area contributed by atoms with Crippen LogP contribution in [0.5, 0.6) is 0 Å². The zero-order chi connectivity index (χ0) is 10.9. The van der Waals surface area contributed by atoms with Crippen molar-refractivity contribution in [3.63, 3.8) is 0 Å². The topological polar surface area (TPSA) is 29.3 Å². The highest BCUT2D eigenvalue weighted by Crippen LogP contribution is 2.31. The van der Waals surface area contributed by atoms with Gasteiger partial charge in [0.15, 0.2) is 0 Å². The monoisotopic (exact) mass is 210 g/mol. The standard InChI is InChI=1S/C13H26N2/c1-13(2)7-8-15(10-13)9-11-3-5-12(14)6-4-11/h11-12H,3-10,14H2,1-2H3. The molecule has 0 bridgehead atoms. The molecule has 0 aromatic heterocycles. The van der Waals surface area contributed by atoms with Gasteiger partial charge in [0, 0.05) is 19.1 Å². The maximum atomic E-state index is 5.93. The number of hydrogen-bond acceptors (Lipinski definition) is 2. The fourth-order valence-electron chi connectivity index (χ4n) is 3.12. The van der Waals surface area contributed by atoms with Gasteiger partial charge in [-0.3, -0.25) is 0 Å². The molecule has 88 valence electrons. The van der Waals surface area contributed by atoms with Gasteiger partial charge in [-0.15, -0.1) is 0 Å². The van der Waals surface area contributed by atoms with Gasteiger partial charge in [-0.2, -0.15) is 0 Å². The van der Waals surface area contributed by atoms with Crippen molar-refractivity contribution < 1.29 is 0 Å². The molecule has 2 fully saturated rings. The Hall–Kier alpha value is -0.0800. The van der Waals surface area contributed by atoms with E-state index in [1.807, 2.05) is 0 Å². The lowest BCUT2D eigenvalue weighted by Crippen LogP contribution is -2.34. The van der Waals surface area contributed by atoms with Gasteiger partial charge in [-0.1, -0.05) is 13.8 Å². The number of rotatable bonds is 2. The van der Waals surface area contributed by atoms with Gasteiger partial charge in [0.05, 0.1) is 0 Å². The van der Waals surface area contributed by atoms with Crippen molar-refractivity contribution in [2.75, 3.05) is 19.6 Å². The lowest BCUT2D eigenvalue weighted by atomic mass is 9.86. The normalized spacial score (nSPS) is 37.0. The Labute approximate surface area is 94.2 Å². The molecule has 0 atom stereocenters. The molecule has 1 saturated heterocycles. The molecule has 2 aliphatic rings. The average Bonchev–Trinajstić information content (AvgIpc) is 2.50. The summed E-state index contributed by atoms with van der Waals surface area (Å²) in [6, 6.07) is 0.497. The lowest BCUT2D eigenvalue weighted by molar-refractivity contribution is 0.209. The van der Waals surface area contributed by atoms with Crippen LogP contribution in [0.4, 0.5) is 0 Å². The molecule has 0 aromatic carbocycles. The maximum absolute atomic E-state index is 5.93. The Balaban J connectivity index is 1.74. The van der Waals surface area contributed by atoms with Gasteiger partial charge in [0.1, 0.15) is 0 Å². The van der Waals surface area contributed by atoms with Gasteiger partial charge in [-0.05, 0) is 50.0 Å². The third-order valence-corrected chi connectivity index (χ3v) is 4.16. The SMILES string of the molecule is CC1(C)CCN(CC2CCC(N)CC2)C1. The van der Waals surface area contributed by atoms with E-state index in [4.69, 9.17) is 5.73 Å². The summed E-state index contributed by atoms with van der Waals surface area (Å²) in [5, 5.41) is 0. The zero-order valence-electron chi connectivity index (χ0n) is 10.3. The molecule has 0 unspecified atom stereocenters. The minimum atomic E-state index is 0.497. The van der Waals surface area contributed by atoms with E-state index in [1.165, 1.54) is 51.7 Å². The second-order valence-electron chi connectivity index (χ2n) is 6.43. The molecule has 0 amide bonds. The first-order valence-corrected chi connectivity index (χ1v) is 6.53. The van der Waals surface area contributed by atoms with Crippen LogP contribution in [-0.2, 0) is 0 Å². The van der Waals surface area contributed by atoms with E-state index in [0.717, 1.165) is 5.92 Å². The molecule has 2 N–H and O–H groups in total. The molecule has 1 aliphatic carbocycles. The summed E-state index contributed by atoms with van der Waals surface area (Å²) in [5.74, 6) is 0.929. The van der Waals surface area contributed by atoms with Gasteiger partial charge in [-0.25, -0.2) is 0 Å². The fraction of sp³-hybridized carbons (Fsp3) is 1.00. The largest absolute Gasteiger partial charge is 0.328 e. The van der Waals surface area contributed by atoms with Crippen LogP contribution in [0.15, 0.2) is 0 Å². The minimum Gasteiger partial charge on any atom is -0.328 e. The highest BCUT2D eigenvalue weighted by atomic mass is 15.2. The zero-order valence-corrected chi connectivity index (χ0v) is 10.3. The minimum absolute atomic E-state index is 0.497. The molecule has 1 saturated carbocycles. The van der Waals surface area contributed by atoms with Gasteiger partial charge in [0.2, 0.25) is 0 Å². The van der Waals surface area contributed by atoms with Crippen molar-refractivity contribution in [3.8, 4) is 0 Å². The molecule has 2 nitrogen and oxygen atoms in total. The number of hydrogen-bond donors (Lipinski definition) is 1. The Bertz CT molecular complexity index is 205. The van der Waals surface area contributed by atoms with Crippen LogP contribution in [0, 0.1) is 11.3 Å². The van der Waals surface area contributed by atoms with Crippen molar-refractivity contribution in [2.45, 2.75) is 52.0 Å². The average molecular weight is 210 g/mol. The van der Waals surface area contributed by atoms with Crippen LogP contribution in [0.25, 0.3) is 0 Å². The summed E-state index contributed by atoms with van der Waals surface area (Å²) in [7, 11) is 0. The first-order chi connectivity index (χ1) is 7.05. The second kappa shape index (κ2) is 4.42. The van der Waals surface area contributed by atoms with Gasteiger partial charge >= 0.3 is 0 Å². The first kappa shape index (κ1) is 11.4. The Morgan fingerprint density at radius 2 is 1.87 bits per heavy atom. The van der Waals surface area contributed by atoms with Crippen molar-refractivity contribution >= 4 is 0 Å². The smallest absolute Gasteiger partial charge is 0.00390 e. The highest BCUT2D eigenvalue weighted by molar-refractivity contribution is 4.85. The summed E-state index contributed by atoms with van der Waals surface area (Å²) in [5.41, 5.74) is 6.50. The maximum Gasteiger partial charge on any atom is 0.00390 e. The lowest BCUT2D eigenvalue weighted by Gasteiger charge is -2.30. The van der Waals surface area contributed by atoms with E-state index in [2.05, 4.69) is 18.7 Å². The van der Waals surface area contributed by atoms with Crippen LogP contribution in [0.1, 0.15) is 46.0 Å². The van der Waals surface area contributed by atoms with Crippen molar-refractivity contribution in [1.82, 2.24) is 4.90 Å². The molecular formula is C13H26N2. The first-order valence-electron chi connectivity index (χ1n) is 6.53. The van der Waals surface area contributed by atoms with Crippen LogP contribution in [0.3, 0.4) is 0 Å². The van der Waals surface area contributed by atoms with Crippen molar-refractivity contribution in [3.05, 3.63) is 0 Å². The Morgan fingerprint density at radius 1 is 1.20 bits per heavy atom. The van der Waals surface area contributed by atoms with E-state index in [1.54, 1.807) is 0 Å². The van der Waals surface area contributed by atoms with Gasteiger partial charge < -0.3 is 10.6 Å². The molecule has 2 rings (SSSR count). The van der Waals surface area contributed by atoms with E-state index in [9.17, 15) is 0 Å². The molecule has 0 aromatic rings. The van der Waals surface area contributed by atoms with Gasteiger partial charge in [0.25, 0.3) is 0 Å². The van der Waals surface area contributed by atoms with Crippen LogP contribution < -0.4 is 5.73 Å². The number of nitrogens with two attached hydrogens (primary N) is 1. The Morgan fingerprint density at radius 3 is 2.40 bits per heavy atom. The molecule has 1 aliphatic heterocycles. The quantitative estimate of drug-likeness (QED) is 0.757. The summed E-state index contributed by atoms with van der Waals surface area (Å²) >= 11 is 0. The third kappa shape index (κ3) is 3.18. The summed E-state index contributed by atoms with van der Waals surface area (Å²) in [4.78, 5) is 2.67. The predicted octanol–water partition coefficient (Wildman–Crippen LogP) is 2.24. The Kier molecular flexibility index (Phi) is 3.36. The highest BCUT2D eigenvalue weighted by Gasteiger charge is 2.30. The number of nitrogens with zero attached hydrogens (tertiary/aromatic N) is 1. The molecule has 2 heteroatoms. The molecule has 15 heavy (non-hydrogen) atoms. The molecule has 0 radical (unpaired) electrons. The fourth-order valence-corrected chi connectivity index (χ4v) is 3.12. The molecule has 1 heterocycles. The molecule has 0 spiro atoms. The summed E-state index contributed by atoms with van der Waals surface area (Å²) < 4.78 is 0. The van der Waals surface area contributed by atoms with Crippen LogP contribution in [0.2, 0.25) is 0 Å². The van der Waals surface area contributed by atoms with Crippen LogP contribution in [-0.4, -0.2) is 30.6 Å². The second-order valence-corrected chi connectivity index (χ2v) is 6.43. The van der Waals surface area contributed by atoms with Crippen LogP contribution >= 0.6 is 0 Å². The van der Waals surface area contributed by atoms with Crippen molar-refractivity contribution in [2.24, 2.45) is 17.1 Å². The van der Waals surface area contributed by atoms with E-state index in [-0.39, 0.29) is 0 Å². The van der Waals surface area contributed by atoms with E-state index >= 15 is 0 Å². The number of likely N-dealkylation sites (tertiary alicyclic amines) is 1. The van der Waals surface area contributed by atoms with Crippen molar-refractivity contribution in [1.29, 1.82) is 0 Å². The summed E-state index contributed by atoms with van der Waals surface area (Å²) in [6.45, 7) is 8.73. The van der Waals surface area contributed by atoms with E-state index in [0.29, 0.717) is 11.5 Å². The summed E-state index contributed by atoms with van der Waals surface area (Å²) in [6.07, 6.45) is 6.60.